The molecule has 0 aromatic heterocycles. The molecule has 0 aliphatic carbocycles. The molecule has 4 heteroatoms. The maximum atomic E-state index is 6.12. The third-order valence-electron chi connectivity index (χ3n) is 4.25. The third kappa shape index (κ3) is 2.69. The molecule has 2 fully saturated rings. The van der Waals surface area contributed by atoms with Crippen molar-refractivity contribution in [3.63, 3.8) is 0 Å². The van der Waals surface area contributed by atoms with E-state index in [2.05, 4.69) is 28.9 Å². The number of anilines is 2. The molecular formula is C15H23N3O. The van der Waals surface area contributed by atoms with Crippen molar-refractivity contribution in [2.24, 2.45) is 0 Å². The zero-order chi connectivity index (χ0) is 13.2. The fourth-order valence-corrected chi connectivity index (χ4v) is 3.13. The van der Waals surface area contributed by atoms with Gasteiger partial charge >= 0.3 is 0 Å². The number of hydrogen-bond acceptors (Lipinski definition) is 4. The van der Waals surface area contributed by atoms with Gasteiger partial charge in [-0.05, 0) is 31.0 Å². The molecule has 104 valence electrons. The number of morpholine rings is 1. The summed E-state index contributed by atoms with van der Waals surface area (Å²) in [5, 5.41) is 0. The van der Waals surface area contributed by atoms with Gasteiger partial charge in [0.1, 0.15) is 0 Å². The van der Waals surface area contributed by atoms with Gasteiger partial charge in [0, 0.05) is 32.2 Å². The van der Waals surface area contributed by atoms with Gasteiger partial charge in [0.15, 0.2) is 0 Å². The monoisotopic (exact) mass is 261 g/mol. The van der Waals surface area contributed by atoms with Crippen LogP contribution in [0.25, 0.3) is 0 Å². The van der Waals surface area contributed by atoms with Crippen LogP contribution in [0.5, 0.6) is 0 Å². The van der Waals surface area contributed by atoms with Crippen molar-refractivity contribution in [3.8, 4) is 0 Å². The molecule has 0 spiro atoms. The highest BCUT2D eigenvalue weighted by Gasteiger charge is 2.29. The standard InChI is InChI=1S/C15H23N3O/c1-12-2-3-14(16)15(10-12)18-5-4-13(11-18)17-6-8-19-9-7-17/h2-3,10,13H,4-9,11,16H2,1H3. The Morgan fingerprint density at radius 1 is 1.21 bits per heavy atom. The molecule has 0 saturated carbocycles. The molecule has 2 heterocycles. The minimum absolute atomic E-state index is 0.656. The molecule has 0 bridgehead atoms. The van der Waals surface area contributed by atoms with Gasteiger partial charge in [0.2, 0.25) is 0 Å². The second-order valence-electron chi connectivity index (χ2n) is 5.60. The van der Waals surface area contributed by atoms with Crippen molar-refractivity contribution in [2.75, 3.05) is 50.0 Å². The quantitative estimate of drug-likeness (QED) is 0.819. The second-order valence-corrected chi connectivity index (χ2v) is 5.60. The predicted octanol–water partition coefficient (Wildman–Crippen LogP) is 1.49. The first-order valence-electron chi connectivity index (χ1n) is 7.17. The van der Waals surface area contributed by atoms with E-state index in [0.29, 0.717) is 6.04 Å². The molecule has 1 atom stereocenters. The van der Waals surface area contributed by atoms with Gasteiger partial charge in [0.25, 0.3) is 0 Å². The number of benzene rings is 1. The van der Waals surface area contributed by atoms with Crippen LogP contribution >= 0.6 is 0 Å². The Morgan fingerprint density at radius 2 is 2.00 bits per heavy atom. The normalized spacial score (nSPS) is 24.9. The van der Waals surface area contributed by atoms with Crippen LogP contribution in [0.2, 0.25) is 0 Å². The van der Waals surface area contributed by atoms with Gasteiger partial charge in [-0.2, -0.15) is 0 Å². The third-order valence-corrected chi connectivity index (χ3v) is 4.25. The Balaban J connectivity index is 1.69. The fourth-order valence-electron chi connectivity index (χ4n) is 3.13. The molecule has 19 heavy (non-hydrogen) atoms. The SMILES string of the molecule is Cc1ccc(N)c(N2CCC(N3CCOCC3)C2)c1. The van der Waals surface area contributed by atoms with E-state index >= 15 is 0 Å². The Bertz CT molecular complexity index is 443. The zero-order valence-electron chi connectivity index (χ0n) is 11.6. The largest absolute Gasteiger partial charge is 0.397 e. The van der Waals surface area contributed by atoms with Crippen LogP contribution in [-0.4, -0.2) is 50.3 Å². The van der Waals surface area contributed by atoms with E-state index in [1.165, 1.54) is 17.7 Å². The van der Waals surface area contributed by atoms with Crippen LogP contribution in [0.4, 0.5) is 11.4 Å². The molecule has 3 rings (SSSR count). The fraction of sp³-hybridized carbons (Fsp3) is 0.600. The highest BCUT2D eigenvalue weighted by Crippen LogP contribution is 2.29. The molecule has 0 amide bonds. The number of nitrogens with zero attached hydrogens (tertiary/aromatic N) is 2. The van der Waals surface area contributed by atoms with Gasteiger partial charge in [-0.3, -0.25) is 4.90 Å². The minimum Gasteiger partial charge on any atom is -0.397 e. The van der Waals surface area contributed by atoms with Crippen molar-refractivity contribution in [1.29, 1.82) is 0 Å². The Hall–Kier alpha value is -1.26. The van der Waals surface area contributed by atoms with Gasteiger partial charge in [0.05, 0.1) is 24.6 Å². The van der Waals surface area contributed by atoms with Crippen molar-refractivity contribution < 1.29 is 4.74 Å². The summed E-state index contributed by atoms with van der Waals surface area (Å²) in [5.41, 5.74) is 9.50. The summed E-state index contributed by atoms with van der Waals surface area (Å²) in [5.74, 6) is 0. The minimum atomic E-state index is 0.656. The van der Waals surface area contributed by atoms with Crippen molar-refractivity contribution >= 4 is 11.4 Å². The second kappa shape index (κ2) is 5.39. The molecular weight excluding hydrogens is 238 g/mol. The molecule has 1 aromatic rings. The number of aryl methyl sites for hydroxylation is 1. The highest BCUT2D eigenvalue weighted by molar-refractivity contribution is 5.69. The molecule has 2 saturated heterocycles. The van der Waals surface area contributed by atoms with E-state index in [4.69, 9.17) is 10.5 Å². The first-order valence-corrected chi connectivity index (χ1v) is 7.17. The Kier molecular flexibility index (Phi) is 3.62. The summed E-state index contributed by atoms with van der Waals surface area (Å²) >= 11 is 0. The van der Waals surface area contributed by atoms with Gasteiger partial charge in [-0.1, -0.05) is 6.07 Å². The van der Waals surface area contributed by atoms with E-state index < -0.39 is 0 Å². The Labute approximate surface area is 115 Å². The van der Waals surface area contributed by atoms with Gasteiger partial charge in [-0.15, -0.1) is 0 Å². The van der Waals surface area contributed by atoms with Crippen LogP contribution in [0, 0.1) is 6.92 Å². The molecule has 1 aromatic carbocycles. The number of nitrogens with two attached hydrogens (primary N) is 1. The number of hydrogen-bond donors (Lipinski definition) is 1. The van der Waals surface area contributed by atoms with E-state index in [1.54, 1.807) is 0 Å². The van der Waals surface area contributed by atoms with Crippen LogP contribution in [0.3, 0.4) is 0 Å². The lowest BCUT2D eigenvalue weighted by molar-refractivity contribution is 0.0209. The van der Waals surface area contributed by atoms with Crippen molar-refractivity contribution in [2.45, 2.75) is 19.4 Å². The molecule has 1 unspecified atom stereocenters. The molecule has 0 radical (unpaired) electrons. The lowest BCUT2D eigenvalue weighted by Crippen LogP contribution is -2.44. The van der Waals surface area contributed by atoms with Crippen LogP contribution in [0.15, 0.2) is 18.2 Å². The Morgan fingerprint density at radius 3 is 2.79 bits per heavy atom. The summed E-state index contributed by atoms with van der Waals surface area (Å²) in [6, 6.07) is 6.96. The van der Waals surface area contributed by atoms with E-state index in [0.717, 1.165) is 45.1 Å². The number of rotatable bonds is 2. The van der Waals surface area contributed by atoms with Crippen LogP contribution in [0.1, 0.15) is 12.0 Å². The first kappa shape index (κ1) is 12.8. The van der Waals surface area contributed by atoms with E-state index in [-0.39, 0.29) is 0 Å². The average molecular weight is 261 g/mol. The maximum Gasteiger partial charge on any atom is 0.0603 e. The van der Waals surface area contributed by atoms with E-state index in [1.807, 2.05) is 6.07 Å². The smallest absolute Gasteiger partial charge is 0.0603 e. The van der Waals surface area contributed by atoms with E-state index in [9.17, 15) is 0 Å². The molecule has 4 nitrogen and oxygen atoms in total. The molecule has 2 N–H and O–H groups in total. The highest BCUT2D eigenvalue weighted by atomic mass is 16.5. The summed E-state index contributed by atoms with van der Waals surface area (Å²) in [7, 11) is 0. The maximum absolute atomic E-state index is 6.12. The zero-order valence-corrected chi connectivity index (χ0v) is 11.6. The molecule has 2 aliphatic rings. The molecule has 2 aliphatic heterocycles. The summed E-state index contributed by atoms with van der Waals surface area (Å²) < 4.78 is 5.43. The van der Waals surface area contributed by atoms with Gasteiger partial charge in [-0.25, -0.2) is 0 Å². The van der Waals surface area contributed by atoms with Crippen LogP contribution < -0.4 is 10.6 Å². The summed E-state index contributed by atoms with van der Waals surface area (Å²) in [6.45, 7) is 8.22. The topological polar surface area (TPSA) is 41.7 Å². The lowest BCUT2D eigenvalue weighted by atomic mass is 10.2. The lowest BCUT2D eigenvalue weighted by Gasteiger charge is -2.32. The summed E-state index contributed by atoms with van der Waals surface area (Å²) in [4.78, 5) is 5.00. The number of ether oxygens (including phenoxy) is 1. The van der Waals surface area contributed by atoms with Crippen molar-refractivity contribution in [3.05, 3.63) is 23.8 Å². The predicted molar refractivity (Wildman–Crippen MR) is 78.6 cm³/mol. The summed E-state index contributed by atoms with van der Waals surface area (Å²) in [6.07, 6.45) is 1.23. The van der Waals surface area contributed by atoms with Crippen molar-refractivity contribution in [1.82, 2.24) is 4.90 Å². The van der Waals surface area contributed by atoms with Crippen LogP contribution in [-0.2, 0) is 4.74 Å². The number of nitrogen functional groups attached to an aromatic ring is 1. The average Bonchev–Trinajstić information content (AvgIpc) is 2.92. The van der Waals surface area contributed by atoms with Gasteiger partial charge < -0.3 is 15.4 Å². The first-order chi connectivity index (χ1) is 9.24.